The summed E-state index contributed by atoms with van der Waals surface area (Å²) >= 11 is 0. The van der Waals surface area contributed by atoms with Gasteiger partial charge in [0, 0.05) is 18.7 Å². The first-order chi connectivity index (χ1) is 13.5. The number of hydrogen-bond donors (Lipinski definition) is 2. The maximum Gasteiger partial charge on any atom is 0.264 e. The second-order valence-electron chi connectivity index (χ2n) is 6.84. The number of hydrogen-bond acceptors (Lipinski definition) is 5. The highest BCUT2D eigenvalue weighted by Crippen LogP contribution is 2.23. The Morgan fingerprint density at radius 2 is 1.89 bits per heavy atom. The molecule has 2 amide bonds. The van der Waals surface area contributed by atoms with E-state index in [0.29, 0.717) is 29.0 Å². The molecule has 0 aliphatic carbocycles. The van der Waals surface area contributed by atoms with Gasteiger partial charge in [-0.1, -0.05) is 36.4 Å². The molecular weight excluding hydrogens is 356 g/mol. The fourth-order valence-corrected chi connectivity index (χ4v) is 3.59. The van der Waals surface area contributed by atoms with Crippen LogP contribution in [0.4, 0.5) is 5.69 Å². The lowest BCUT2D eigenvalue weighted by Gasteiger charge is -2.24. The molecule has 2 N–H and O–H groups in total. The fraction of sp³-hybridized carbons (Fsp3) is 0.238. The molecule has 2 aromatic carbocycles. The summed E-state index contributed by atoms with van der Waals surface area (Å²) in [5, 5.41) is 6.05. The summed E-state index contributed by atoms with van der Waals surface area (Å²) in [7, 11) is 0. The molecule has 4 rings (SSSR count). The molecule has 1 saturated heterocycles. The highest BCUT2D eigenvalue weighted by atomic mass is 16.2. The van der Waals surface area contributed by atoms with Crippen molar-refractivity contribution in [2.24, 2.45) is 0 Å². The van der Waals surface area contributed by atoms with Crippen molar-refractivity contribution in [3.8, 4) is 0 Å². The maximum absolute atomic E-state index is 13.3. The second-order valence-corrected chi connectivity index (χ2v) is 6.84. The van der Waals surface area contributed by atoms with E-state index >= 15 is 0 Å². The van der Waals surface area contributed by atoms with Crippen LogP contribution in [0.5, 0.6) is 0 Å². The summed E-state index contributed by atoms with van der Waals surface area (Å²) in [4.78, 5) is 41.6. The van der Waals surface area contributed by atoms with Crippen LogP contribution in [0.3, 0.4) is 0 Å². The summed E-state index contributed by atoms with van der Waals surface area (Å²) in [6.07, 6.45) is 0.492. The monoisotopic (exact) mass is 376 g/mol. The van der Waals surface area contributed by atoms with E-state index in [4.69, 9.17) is 0 Å². The third-order valence-electron chi connectivity index (χ3n) is 4.95. The summed E-state index contributed by atoms with van der Waals surface area (Å²) in [5.41, 5.74) is 2.04. The van der Waals surface area contributed by atoms with Gasteiger partial charge in [0.05, 0.1) is 10.9 Å². The van der Waals surface area contributed by atoms with Gasteiger partial charge in [0.2, 0.25) is 11.8 Å². The van der Waals surface area contributed by atoms with Crippen molar-refractivity contribution in [1.29, 1.82) is 0 Å². The molecule has 0 spiro atoms. The first kappa shape index (κ1) is 17.9. The molecule has 0 saturated carbocycles. The molecule has 28 heavy (non-hydrogen) atoms. The first-order valence-corrected chi connectivity index (χ1v) is 9.18. The quantitative estimate of drug-likeness (QED) is 0.682. The molecule has 7 heteroatoms. The lowest BCUT2D eigenvalue weighted by Crippen LogP contribution is -2.45. The molecule has 1 unspecified atom stereocenters. The maximum atomic E-state index is 13.3. The van der Waals surface area contributed by atoms with E-state index in [-0.39, 0.29) is 24.3 Å². The van der Waals surface area contributed by atoms with Crippen molar-refractivity contribution in [1.82, 2.24) is 14.9 Å². The molecule has 1 atom stereocenters. The molecule has 0 bridgehead atoms. The molecule has 1 aliphatic heterocycles. The van der Waals surface area contributed by atoms with Crippen LogP contribution in [0.15, 0.2) is 53.3 Å². The van der Waals surface area contributed by atoms with Crippen LogP contribution in [0.1, 0.15) is 30.3 Å². The molecule has 1 aromatic heterocycles. The molecule has 0 radical (unpaired) electrons. The van der Waals surface area contributed by atoms with Crippen LogP contribution in [-0.4, -0.2) is 21.4 Å². The molecule has 142 valence electrons. The van der Waals surface area contributed by atoms with Crippen molar-refractivity contribution in [2.45, 2.75) is 32.4 Å². The third kappa shape index (κ3) is 3.26. The molecule has 2 heterocycles. The Bertz CT molecular complexity index is 1120. The number of piperidine rings is 1. The number of fused-ring (bicyclic) bond motifs is 1. The topological polar surface area (TPSA) is 93.1 Å². The smallest absolute Gasteiger partial charge is 0.264 e. The molecule has 1 aliphatic rings. The van der Waals surface area contributed by atoms with Crippen molar-refractivity contribution in [2.75, 3.05) is 5.32 Å². The minimum absolute atomic E-state index is 0.203. The second kappa shape index (κ2) is 7.26. The highest BCUT2D eigenvalue weighted by molar-refractivity contribution is 5.99. The Morgan fingerprint density at radius 1 is 1.11 bits per heavy atom. The zero-order valence-corrected chi connectivity index (χ0v) is 15.4. The Hall–Kier alpha value is -3.48. The number of anilines is 1. The number of aromatic nitrogens is 2. The van der Waals surface area contributed by atoms with Gasteiger partial charge in [0.1, 0.15) is 11.9 Å². The van der Waals surface area contributed by atoms with E-state index in [1.54, 1.807) is 13.0 Å². The number of carbonyl (C=O) groups excluding carboxylic acids is 2. The Labute approximate surface area is 161 Å². The summed E-state index contributed by atoms with van der Waals surface area (Å²) in [6, 6.07) is 14.6. The van der Waals surface area contributed by atoms with Crippen LogP contribution < -0.4 is 16.2 Å². The Morgan fingerprint density at radius 3 is 2.64 bits per heavy atom. The van der Waals surface area contributed by atoms with Gasteiger partial charge in [-0.25, -0.2) is 4.98 Å². The van der Waals surface area contributed by atoms with Crippen LogP contribution in [0.2, 0.25) is 0 Å². The van der Waals surface area contributed by atoms with E-state index in [2.05, 4.69) is 15.6 Å². The van der Waals surface area contributed by atoms with Gasteiger partial charge >= 0.3 is 0 Å². The third-order valence-corrected chi connectivity index (χ3v) is 4.95. The number of imide groups is 1. The normalized spacial score (nSPS) is 16.8. The minimum Gasteiger partial charge on any atom is -0.380 e. The van der Waals surface area contributed by atoms with Gasteiger partial charge in [-0.3, -0.25) is 24.3 Å². The predicted molar refractivity (Wildman–Crippen MR) is 106 cm³/mol. The van der Waals surface area contributed by atoms with E-state index in [0.717, 1.165) is 5.56 Å². The largest absolute Gasteiger partial charge is 0.380 e. The van der Waals surface area contributed by atoms with E-state index in [1.807, 2.05) is 42.5 Å². The molecular formula is C21H20N4O3. The fourth-order valence-electron chi connectivity index (χ4n) is 3.59. The summed E-state index contributed by atoms with van der Waals surface area (Å²) < 4.78 is 1.40. The van der Waals surface area contributed by atoms with Crippen LogP contribution in [0.25, 0.3) is 10.9 Å². The number of aryl methyl sites for hydroxylation is 1. The first-order valence-electron chi connectivity index (χ1n) is 9.18. The van der Waals surface area contributed by atoms with Gasteiger partial charge in [-0.15, -0.1) is 0 Å². The van der Waals surface area contributed by atoms with Crippen molar-refractivity contribution >= 4 is 28.4 Å². The van der Waals surface area contributed by atoms with Gasteiger partial charge in [-0.05, 0) is 31.0 Å². The SMILES string of the molecule is Cc1nc2cccc(NCc3ccccc3)c2c(=O)n1C1CCC(=O)NC1=O. The van der Waals surface area contributed by atoms with Gasteiger partial charge in [0.15, 0.2) is 0 Å². The number of carbonyl (C=O) groups is 2. The van der Waals surface area contributed by atoms with E-state index in [9.17, 15) is 14.4 Å². The van der Waals surface area contributed by atoms with Gasteiger partial charge < -0.3 is 5.32 Å². The number of nitrogens with zero attached hydrogens (tertiary/aromatic N) is 2. The Kier molecular flexibility index (Phi) is 4.65. The zero-order chi connectivity index (χ0) is 19.7. The predicted octanol–water partition coefficient (Wildman–Crippen LogP) is 2.29. The van der Waals surface area contributed by atoms with Crippen LogP contribution >= 0.6 is 0 Å². The van der Waals surface area contributed by atoms with E-state index in [1.165, 1.54) is 4.57 Å². The van der Waals surface area contributed by atoms with Crippen molar-refractivity contribution < 1.29 is 9.59 Å². The van der Waals surface area contributed by atoms with Gasteiger partial charge in [0.25, 0.3) is 5.56 Å². The average molecular weight is 376 g/mol. The molecule has 3 aromatic rings. The number of amides is 2. The standard InChI is InChI=1S/C21H20N4O3/c1-13-23-16-9-5-8-15(22-12-14-6-3-2-4-7-14)19(16)21(28)25(13)17-10-11-18(26)24-20(17)27/h2-9,17,22H,10-12H2,1H3,(H,24,26,27). The summed E-state index contributed by atoms with van der Waals surface area (Å²) in [5.74, 6) is -0.324. The van der Waals surface area contributed by atoms with Crippen molar-refractivity contribution in [3.63, 3.8) is 0 Å². The number of nitrogens with one attached hydrogen (secondary N) is 2. The lowest BCUT2D eigenvalue weighted by atomic mass is 10.1. The number of rotatable bonds is 4. The van der Waals surface area contributed by atoms with Crippen molar-refractivity contribution in [3.05, 3.63) is 70.3 Å². The number of benzene rings is 2. The van der Waals surface area contributed by atoms with Gasteiger partial charge in [-0.2, -0.15) is 0 Å². The highest BCUT2D eigenvalue weighted by Gasteiger charge is 2.30. The summed E-state index contributed by atoms with van der Waals surface area (Å²) in [6.45, 7) is 2.26. The average Bonchev–Trinajstić information content (AvgIpc) is 2.68. The molecule has 1 fully saturated rings. The minimum atomic E-state index is -0.732. The lowest BCUT2D eigenvalue weighted by molar-refractivity contribution is -0.135. The zero-order valence-electron chi connectivity index (χ0n) is 15.4. The Balaban J connectivity index is 1.77. The molecule has 7 nitrogen and oxygen atoms in total. The van der Waals surface area contributed by atoms with Crippen LogP contribution in [0, 0.1) is 6.92 Å². The van der Waals surface area contributed by atoms with Crippen LogP contribution in [-0.2, 0) is 16.1 Å². The van der Waals surface area contributed by atoms with E-state index < -0.39 is 11.9 Å².